The number of nitrogens with zero attached hydrogens (tertiary/aromatic N) is 1. The van der Waals surface area contributed by atoms with Crippen LogP contribution in [-0.2, 0) is 11.3 Å². The summed E-state index contributed by atoms with van der Waals surface area (Å²) in [7, 11) is 0. The minimum Gasteiger partial charge on any atom is -0.444 e. The number of amides is 1. The first-order chi connectivity index (χ1) is 9.84. The van der Waals surface area contributed by atoms with Crippen LogP contribution in [0.5, 0.6) is 0 Å². The molecule has 20 heavy (non-hydrogen) atoms. The van der Waals surface area contributed by atoms with Gasteiger partial charge in [-0.05, 0) is 24.9 Å². The topological polar surface area (TPSA) is 41.6 Å². The van der Waals surface area contributed by atoms with Crippen molar-refractivity contribution in [3.8, 4) is 0 Å². The van der Waals surface area contributed by atoms with Crippen molar-refractivity contribution in [2.24, 2.45) is 5.92 Å². The molecule has 1 aromatic carbocycles. The zero-order valence-corrected chi connectivity index (χ0v) is 11.5. The Kier molecular flexibility index (Phi) is 4.02. The average molecular weight is 272 g/mol. The molecule has 1 amide bonds. The number of carbonyl (C=O) groups excluding carboxylic acids is 1. The van der Waals surface area contributed by atoms with Gasteiger partial charge >= 0.3 is 6.09 Å². The second kappa shape index (κ2) is 6.09. The van der Waals surface area contributed by atoms with Crippen LogP contribution in [0.4, 0.5) is 4.79 Å². The number of rotatable bonds is 2. The van der Waals surface area contributed by atoms with Gasteiger partial charge in [0.25, 0.3) is 0 Å². The maximum Gasteiger partial charge on any atom is 0.414 e. The van der Waals surface area contributed by atoms with Gasteiger partial charge in [-0.25, -0.2) is 4.79 Å². The number of nitrogens with one attached hydrogen (secondary N) is 1. The van der Waals surface area contributed by atoms with Crippen LogP contribution in [0.25, 0.3) is 0 Å². The zero-order chi connectivity index (χ0) is 13.8. The quantitative estimate of drug-likeness (QED) is 0.899. The summed E-state index contributed by atoms with van der Waals surface area (Å²) >= 11 is 0. The van der Waals surface area contributed by atoms with Crippen LogP contribution in [0.2, 0.25) is 0 Å². The van der Waals surface area contributed by atoms with Crippen molar-refractivity contribution in [2.45, 2.75) is 25.5 Å². The van der Waals surface area contributed by atoms with Crippen LogP contribution < -0.4 is 5.32 Å². The number of hydrogen-bond acceptors (Lipinski definition) is 3. The van der Waals surface area contributed by atoms with Crippen LogP contribution in [0, 0.1) is 5.92 Å². The van der Waals surface area contributed by atoms with E-state index in [-0.39, 0.29) is 12.1 Å². The zero-order valence-electron chi connectivity index (χ0n) is 11.5. The Morgan fingerprint density at radius 2 is 2.20 bits per heavy atom. The monoisotopic (exact) mass is 272 g/mol. The van der Waals surface area contributed by atoms with Gasteiger partial charge in [0.2, 0.25) is 0 Å². The van der Waals surface area contributed by atoms with Crippen molar-refractivity contribution in [1.82, 2.24) is 10.2 Å². The van der Waals surface area contributed by atoms with E-state index in [9.17, 15) is 4.79 Å². The van der Waals surface area contributed by atoms with Gasteiger partial charge in [0.1, 0.15) is 6.61 Å². The standard InChI is InChI=1S/C16H20N2O2/c19-16(20-12-13-5-2-1-3-6-13)18-10-8-14-7-4-9-17-11-15(14)18/h1-3,5-6,8,10,14-15,17H,4,7,9,11-12H2/t14-,15-/m1/s1. The van der Waals surface area contributed by atoms with Crippen LogP contribution in [0.1, 0.15) is 18.4 Å². The summed E-state index contributed by atoms with van der Waals surface area (Å²) in [5.41, 5.74) is 1.01. The molecule has 106 valence electrons. The molecule has 0 aromatic heterocycles. The lowest BCUT2D eigenvalue weighted by Gasteiger charge is -2.26. The fourth-order valence-electron chi connectivity index (χ4n) is 2.89. The van der Waals surface area contributed by atoms with Crippen LogP contribution in [0.3, 0.4) is 0 Å². The molecule has 3 rings (SSSR count). The Bertz CT molecular complexity index is 487. The minimum atomic E-state index is -0.249. The lowest BCUT2D eigenvalue weighted by Crippen LogP contribution is -2.42. The molecule has 0 aliphatic carbocycles. The summed E-state index contributed by atoms with van der Waals surface area (Å²) in [6.45, 7) is 2.21. The van der Waals surface area contributed by atoms with E-state index in [4.69, 9.17) is 4.74 Å². The number of hydrogen-bond donors (Lipinski definition) is 1. The normalized spacial score (nSPS) is 25.1. The molecule has 0 saturated carbocycles. The number of fused-ring (bicyclic) bond motifs is 1. The van der Waals surface area contributed by atoms with Gasteiger partial charge in [0.15, 0.2) is 0 Å². The van der Waals surface area contributed by atoms with E-state index in [0.29, 0.717) is 12.5 Å². The van der Waals surface area contributed by atoms with E-state index in [1.54, 1.807) is 4.90 Å². The van der Waals surface area contributed by atoms with E-state index >= 15 is 0 Å². The molecule has 1 fully saturated rings. The molecular formula is C16H20N2O2. The molecule has 2 aliphatic rings. The highest BCUT2D eigenvalue weighted by Crippen LogP contribution is 2.27. The Morgan fingerprint density at radius 1 is 1.35 bits per heavy atom. The van der Waals surface area contributed by atoms with Gasteiger partial charge in [-0.3, -0.25) is 4.90 Å². The van der Waals surface area contributed by atoms with Crippen molar-refractivity contribution in [2.75, 3.05) is 13.1 Å². The van der Waals surface area contributed by atoms with Crippen molar-refractivity contribution in [3.05, 3.63) is 48.2 Å². The molecule has 0 bridgehead atoms. The third-order valence-electron chi connectivity index (χ3n) is 4.01. The Morgan fingerprint density at radius 3 is 3.05 bits per heavy atom. The first-order valence-electron chi connectivity index (χ1n) is 7.22. The van der Waals surface area contributed by atoms with Gasteiger partial charge in [0, 0.05) is 18.7 Å². The van der Waals surface area contributed by atoms with E-state index in [0.717, 1.165) is 25.1 Å². The maximum absolute atomic E-state index is 12.2. The first-order valence-corrected chi connectivity index (χ1v) is 7.22. The lowest BCUT2D eigenvalue weighted by atomic mass is 9.98. The van der Waals surface area contributed by atoms with Gasteiger partial charge in [0.05, 0.1) is 6.04 Å². The first kappa shape index (κ1) is 13.2. The maximum atomic E-state index is 12.2. The molecule has 4 nitrogen and oxygen atoms in total. The number of carbonyl (C=O) groups is 1. The summed E-state index contributed by atoms with van der Waals surface area (Å²) in [4.78, 5) is 14.0. The Balaban J connectivity index is 1.58. The van der Waals surface area contributed by atoms with E-state index < -0.39 is 0 Å². The predicted octanol–water partition coefficient (Wildman–Crippen LogP) is 2.52. The summed E-state index contributed by atoms with van der Waals surface area (Å²) < 4.78 is 5.41. The Labute approximate surface area is 119 Å². The highest BCUT2D eigenvalue weighted by atomic mass is 16.6. The van der Waals surface area contributed by atoms with Crippen molar-refractivity contribution in [3.63, 3.8) is 0 Å². The van der Waals surface area contributed by atoms with Crippen LogP contribution in [0.15, 0.2) is 42.6 Å². The molecule has 4 heteroatoms. The second-order valence-corrected chi connectivity index (χ2v) is 5.37. The van der Waals surface area contributed by atoms with Crippen LogP contribution >= 0.6 is 0 Å². The predicted molar refractivity (Wildman–Crippen MR) is 77.0 cm³/mol. The molecule has 0 spiro atoms. The van der Waals surface area contributed by atoms with Gasteiger partial charge < -0.3 is 10.1 Å². The largest absolute Gasteiger partial charge is 0.444 e. The highest BCUT2D eigenvalue weighted by Gasteiger charge is 2.34. The summed E-state index contributed by atoms with van der Waals surface area (Å²) in [6, 6.07) is 9.98. The molecule has 2 atom stereocenters. The van der Waals surface area contributed by atoms with E-state index in [1.807, 2.05) is 36.5 Å². The Hall–Kier alpha value is -1.81. The van der Waals surface area contributed by atoms with Crippen molar-refractivity contribution >= 4 is 6.09 Å². The number of benzene rings is 1. The van der Waals surface area contributed by atoms with E-state index in [1.165, 1.54) is 6.42 Å². The summed E-state index contributed by atoms with van der Waals surface area (Å²) in [6.07, 6.45) is 6.08. The molecular weight excluding hydrogens is 252 g/mol. The van der Waals surface area contributed by atoms with Crippen molar-refractivity contribution < 1.29 is 9.53 Å². The lowest BCUT2D eigenvalue weighted by molar-refractivity contribution is 0.0976. The smallest absolute Gasteiger partial charge is 0.414 e. The third kappa shape index (κ3) is 2.85. The molecule has 0 unspecified atom stereocenters. The van der Waals surface area contributed by atoms with Gasteiger partial charge in [-0.2, -0.15) is 0 Å². The molecule has 1 saturated heterocycles. The minimum absolute atomic E-state index is 0.209. The van der Waals surface area contributed by atoms with Crippen molar-refractivity contribution in [1.29, 1.82) is 0 Å². The summed E-state index contributed by atoms with van der Waals surface area (Å²) in [5.74, 6) is 0.467. The fourth-order valence-corrected chi connectivity index (χ4v) is 2.89. The molecule has 0 radical (unpaired) electrons. The highest BCUT2D eigenvalue weighted by molar-refractivity contribution is 5.70. The fraction of sp³-hybridized carbons (Fsp3) is 0.438. The summed E-state index contributed by atoms with van der Waals surface area (Å²) in [5, 5.41) is 3.39. The number of ether oxygens (including phenoxy) is 1. The molecule has 1 N–H and O–H groups in total. The van der Waals surface area contributed by atoms with Gasteiger partial charge in [-0.1, -0.05) is 36.4 Å². The average Bonchev–Trinajstić information content (AvgIpc) is 2.75. The second-order valence-electron chi connectivity index (χ2n) is 5.37. The molecule has 1 aromatic rings. The molecule has 2 heterocycles. The van der Waals surface area contributed by atoms with Crippen LogP contribution in [-0.4, -0.2) is 30.1 Å². The van der Waals surface area contributed by atoms with Gasteiger partial charge in [-0.15, -0.1) is 0 Å². The molecule has 2 aliphatic heterocycles. The van der Waals surface area contributed by atoms with E-state index in [2.05, 4.69) is 11.4 Å². The third-order valence-corrected chi connectivity index (χ3v) is 4.01. The SMILES string of the molecule is O=C(OCc1ccccc1)N1C=C[C@H]2CCCNC[C@H]21.